The van der Waals surface area contributed by atoms with Crippen LogP contribution in [0.5, 0.6) is 0 Å². The van der Waals surface area contributed by atoms with Crippen LogP contribution in [0.25, 0.3) is 0 Å². The minimum Gasteiger partial charge on any atom is -0.304 e. The zero-order valence-corrected chi connectivity index (χ0v) is 15.5. The van der Waals surface area contributed by atoms with Gasteiger partial charge in [-0.1, -0.05) is 27.7 Å². The Balaban J connectivity index is 2.03. The third-order valence-electron chi connectivity index (χ3n) is 3.52. The number of rotatable bonds is 5. The van der Waals surface area contributed by atoms with Gasteiger partial charge in [0.25, 0.3) is 0 Å². The number of thiazole rings is 1. The highest BCUT2D eigenvalue weighted by Crippen LogP contribution is 2.32. The third-order valence-corrected chi connectivity index (χ3v) is 6.51. The van der Waals surface area contributed by atoms with Crippen molar-refractivity contribution in [1.29, 1.82) is 0 Å². The lowest BCUT2D eigenvalue weighted by atomic mass is 9.98. The first-order valence-electron chi connectivity index (χ1n) is 7.60. The van der Waals surface area contributed by atoms with Crippen LogP contribution < -0.4 is 5.32 Å². The summed E-state index contributed by atoms with van der Waals surface area (Å²) in [4.78, 5) is 9.00. The topological polar surface area (TPSA) is 24.9 Å². The molecule has 0 aliphatic rings. The first kappa shape index (κ1) is 16.7. The van der Waals surface area contributed by atoms with E-state index in [0.29, 0.717) is 6.04 Å². The molecule has 116 valence electrons. The molecule has 21 heavy (non-hydrogen) atoms. The Labute approximate surface area is 136 Å². The molecule has 2 nitrogen and oxygen atoms in total. The van der Waals surface area contributed by atoms with Gasteiger partial charge in [-0.15, -0.1) is 22.7 Å². The van der Waals surface area contributed by atoms with E-state index in [4.69, 9.17) is 4.98 Å². The Morgan fingerprint density at radius 3 is 2.38 bits per heavy atom. The van der Waals surface area contributed by atoms with Gasteiger partial charge in [0.05, 0.1) is 10.7 Å². The van der Waals surface area contributed by atoms with Crippen molar-refractivity contribution < 1.29 is 0 Å². The monoisotopic (exact) mass is 322 g/mol. The molecule has 2 rings (SSSR count). The van der Waals surface area contributed by atoms with E-state index >= 15 is 0 Å². The lowest BCUT2D eigenvalue weighted by molar-refractivity contribution is 0.580. The maximum atomic E-state index is 4.76. The highest BCUT2D eigenvalue weighted by atomic mass is 32.1. The lowest BCUT2D eigenvalue weighted by Gasteiger charge is -2.14. The van der Waals surface area contributed by atoms with Crippen molar-refractivity contribution in [1.82, 2.24) is 10.3 Å². The number of hydrogen-bond acceptors (Lipinski definition) is 4. The Bertz CT molecular complexity index is 590. The normalized spacial score (nSPS) is 13.6. The second-order valence-electron chi connectivity index (χ2n) is 6.54. The molecule has 0 saturated heterocycles. The van der Waals surface area contributed by atoms with Gasteiger partial charge in [-0.25, -0.2) is 4.98 Å². The standard InChI is InChI=1S/C17H26N2S2/c1-7-13-8-9-14(20-13)10-18-11(2)15-12(3)19-16(21-15)17(4,5)6/h8-9,11,18H,7,10H2,1-6H3. The molecule has 4 heteroatoms. The van der Waals surface area contributed by atoms with Crippen LogP contribution in [-0.4, -0.2) is 4.98 Å². The summed E-state index contributed by atoms with van der Waals surface area (Å²) in [6.45, 7) is 14.2. The van der Waals surface area contributed by atoms with Crippen molar-refractivity contribution in [2.24, 2.45) is 0 Å². The summed E-state index contributed by atoms with van der Waals surface area (Å²) in [7, 11) is 0. The molecule has 2 aromatic rings. The second-order valence-corrected chi connectivity index (χ2v) is 8.83. The summed E-state index contributed by atoms with van der Waals surface area (Å²) in [6.07, 6.45) is 1.13. The maximum Gasteiger partial charge on any atom is 0.0985 e. The zero-order valence-electron chi connectivity index (χ0n) is 13.9. The summed E-state index contributed by atoms with van der Waals surface area (Å²) >= 11 is 3.76. The number of thiophene rings is 1. The molecule has 0 radical (unpaired) electrons. The molecule has 0 aromatic carbocycles. The van der Waals surface area contributed by atoms with Crippen LogP contribution in [0, 0.1) is 6.92 Å². The van der Waals surface area contributed by atoms with Crippen LogP contribution in [0.2, 0.25) is 0 Å². The molecule has 2 heterocycles. The quantitative estimate of drug-likeness (QED) is 0.816. The van der Waals surface area contributed by atoms with Crippen molar-refractivity contribution >= 4 is 22.7 Å². The highest BCUT2D eigenvalue weighted by Gasteiger charge is 2.22. The third kappa shape index (κ3) is 4.15. The first-order valence-corrected chi connectivity index (χ1v) is 9.23. The summed E-state index contributed by atoms with van der Waals surface area (Å²) in [5, 5.41) is 4.87. The van der Waals surface area contributed by atoms with Crippen LogP contribution in [-0.2, 0) is 18.4 Å². The summed E-state index contributed by atoms with van der Waals surface area (Å²) in [5.74, 6) is 0. The average Bonchev–Trinajstić information content (AvgIpc) is 3.01. The van der Waals surface area contributed by atoms with E-state index < -0.39 is 0 Å². The number of aryl methyl sites for hydroxylation is 2. The fourth-order valence-electron chi connectivity index (χ4n) is 2.18. The molecule has 1 atom stereocenters. The average molecular weight is 323 g/mol. The van der Waals surface area contributed by atoms with Crippen molar-refractivity contribution in [3.05, 3.63) is 37.5 Å². The van der Waals surface area contributed by atoms with Crippen molar-refractivity contribution in [2.75, 3.05) is 0 Å². The van der Waals surface area contributed by atoms with Gasteiger partial charge in [-0.05, 0) is 32.4 Å². The lowest BCUT2D eigenvalue weighted by Crippen LogP contribution is -2.17. The summed E-state index contributed by atoms with van der Waals surface area (Å²) < 4.78 is 0. The fraction of sp³-hybridized carbons (Fsp3) is 0.588. The maximum absolute atomic E-state index is 4.76. The van der Waals surface area contributed by atoms with Crippen LogP contribution in [0.3, 0.4) is 0 Å². The first-order chi connectivity index (χ1) is 9.81. The van der Waals surface area contributed by atoms with Gasteiger partial charge in [-0.3, -0.25) is 0 Å². The smallest absolute Gasteiger partial charge is 0.0985 e. The Morgan fingerprint density at radius 2 is 1.86 bits per heavy atom. The van der Waals surface area contributed by atoms with Gasteiger partial charge < -0.3 is 5.32 Å². The van der Waals surface area contributed by atoms with Crippen LogP contribution in [0.15, 0.2) is 12.1 Å². The predicted molar refractivity (Wildman–Crippen MR) is 94.5 cm³/mol. The van der Waals surface area contributed by atoms with E-state index in [1.165, 1.54) is 25.3 Å². The molecule has 0 saturated carbocycles. The van der Waals surface area contributed by atoms with Gasteiger partial charge in [-0.2, -0.15) is 0 Å². The molecule has 1 unspecified atom stereocenters. The van der Waals surface area contributed by atoms with E-state index in [9.17, 15) is 0 Å². The zero-order chi connectivity index (χ0) is 15.6. The van der Waals surface area contributed by atoms with Crippen LogP contribution in [0.4, 0.5) is 0 Å². The highest BCUT2D eigenvalue weighted by molar-refractivity contribution is 7.12. The molecule has 2 aromatic heterocycles. The Kier molecular flexibility index (Phi) is 5.23. The fourth-order valence-corrected chi connectivity index (χ4v) is 4.24. The number of nitrogens with zero attached hydrogens (tertiary/aromatic N) is 1. The van der Waals surface area contributed by atoms with E-state index in [2.05, 4.69) is 59.0 Å². The number of aromatic nitrogens is 1. The van der Waals surface area contributed by atoms with Crippen LogP contribution in [0.1, 0.15) is 66.0 Å². The summed E-state index contributed by atoms with van der Waals surface area (Å²) in [5.41, 5.74) is 1.31. The molecule has 0 spiro atoms. The largest absolute Gasteiger partial charge is 0.304 e. The van der Waals surface area contributed by atoms with Gasteiger partial charge >= 0.3 is 0 Å². The summed E-state index contributed by atoms with van der Waals surface area (Å²) in [6, 6.07) is 4.83. The predicted octanol–water partition coefficient (Wildman–Crippen LogP) is 5.22. The number of nitrogens with one attached hydrogen (secondary N) is 1. The molecule has 0 amide bonds. The molecule has 1 N–H and O–H groups in total. The Morgan fingerprint density at radius 1 is 1.19 bits per heavy atom. The molecule has 0 aliphatic carbocycles. The van der Waals surface area contributed by atoms with E-state index in [-0.39, 0.29) is 5.41 Å². The van der Waals surface area contributed by atoms with Crippen molar-refractivity contribution in [2.45, 2.75) is 66.0 Å². The van der Waals surface area contributed by atoms with E-state index in [0.717, 1.165) is 13.0 Å². The molecular weight excluding hydrogens is 296 g/mol. The van der Waals surface area contributed by atoms with Crippen molar-refractivity contribution in [3.8, 4) is 0 Å². The molecule has 0 bridgehead atoms. The number of hydrogen-bond donors (Lipinski definition) is 1. The van der Waals surface area contributed by atoms with Gasteiger partial charge in [0.1, 0.15) is 0 Å². The van der Waals surface area contributed by atoms with Gasteiger partial charge in [0, 0.05) is 32.6 Å². The van der Waals surface area contributed by atoms with Gasteiger partial charge in [0.15, 0.2) is 0 Å². The van der Waals surface area contributed by atoms with E-state index in [1.807, 2.05) is 22.7 Å². The minimum atomic E-state index is 0.136. The molecule has 0 aliphatic heterocycles. The second kappa shape index (κ2) is 6.59. The van der Waals surface area contributed by atoms with Gasteiger partial charge in [0.2, 0.25) is 0 Å². The SMILES string of the molecule is CCc1ccc(CNC(C)c2sc(C(C)(C)C)nc2C)s1. The van der Waals surface area contributed by atoms with E-state index in [1.54, 1.807) is 0 Å². The molecular formula is C17H26N2S2. The van der Waals surface area contributed by atoms with Crippen LogP contribution >= 0.6 is 22.7 Å². The minimum absolute atomic E-state index is 0.136. The molecule has 0 fully saturated rings. The Hall–Kier alpha value is -0.710. The van der Waals surface area contributed by atoms with Crippen molar-refractivity contribution in [3.63, 3.8) is 0 Å².